The largest absolute Gasteiger partial charge is 0.368 e. The average Bonchev–Trinajstić information content (AvgIpc) is 1.82. The van der Waals surface area contributed by atoms with E-state index in [-0.39, 0.29) is 5.54 Å². The van der Waals surface area contributed by atoms with Crippen LogP contribution in [0.2, 0.25) is 0 Å². The molecule has 11 heavy (non-hydrogen) atoms. The van der Waals surface area contributed by atoms with Crippen LogP contribution in [-0.4, -0.2) is 43.9 Å². The lowest BCUT2D eigenvalue weighted by Crippen LogP contribution is -2.68. The fourth-order valence-corrected chi connectivity index (χ4v) is 1.17. The Morgan fingerprint density at radius 1 is 1.55 bits per heavy atom. The third-order valence-electron chi connectivity index (χ3n) is 2.77. The van der Waals surface area contributed by atoms with E-state index < -0.39 is 0 Å². The summed E-state index contributed by atoms with van der Waals surface area (Å²) < 4.78 is 6.05. The van der Waals surface area contributed by atoms with Crippen LogP contribution < -0.4 is 0 Å². The van der Waals surface area contributed by atoms with Crippen molar-refractivity contribution in [3.05, 3.63) is 0 Å². The molecule has 62 valence electrons. The number of likely N-dealkylation sites (N-methyl/N-ethyl adjacent to an activating group) is 1. The molecule has 1 saturated heterocycles. The highest BCUT2D eigenvalue weighted by atomic mass is 16.5. The van der Waals surface area contributed by atoms with Gasteiger partial charge in [0.15, 0.2) is 0 Å². The van der Waals surface area contributed by atoms with Gasteiger partial charge in [0.1, 0.15) is 25.3 Å². The third-order valence-corrected chi connectivity index (χ3v) is 2.77. The number of quaternary nitrogens is 1. The summed E-state index contributed by atoms with van der Waals surface area (Å²) in [5.41, 5.74) is 0.242. The molecule has 2 nitrogen and oxygen atoms in total. The van der Waals surface area contributed by atoms with Gasteiger partial charge in [-0.1, -0.05) is 0 Å². The van der Waals surface area contributed by atoms with Crippen molar-refractivity contribution in [3.8, 4) is 12.3 Å². The Morgan fingerprint density at radius 2 is 2.09 bits per heavy atom. The first kappa shape index (κ1) is 8.58. The molecule has 0 bridgehead atoms. The molecule has 0 radical (unpaired) electrons. The van der Waals surface area contributed by atoms with Crippen LogP contribution in [0.5, 0.6) is 0 Å². The van der Waals surface area contributed by atoms with Crippen LogP contribution in [0.15, 0.2) is 0 Å². The Labute approximate surface area is 68.7 Å². The van der Waals surface area contributed by atoms with Crippen molar-refractivity contribution < 1.29 is 9.22 Å². The molecule has 0 saturated carbocycles. The minimum absolute atomic E-state index is 0.242. The first-order valence-electron chi connectivity index (χ1n) is 3.86. The summed E-state index contributed by atoms with van der Waals surface area (Å²) in [6.45, 7) is 4.66. The second kappa shape index (κ2) is 2.51. The molecule has 0 N–H and O–H groups in total. The number of terminal acetylenes is 1. The maximum Gasteiger partial charge on any atom is 0.144 e. The third kappa shape index (κ3) is 1.26. The van der Waals surface area contributed by atoms with Crippen molar-refractivity contribution in [3.63, 3.8) is 0 Å². The van der Waals surface area contributed by atoms with Gasteiger partial charge in [-0.3, -0.25) is 0 Å². The molecule has 1 aliphatic rings. The zero-order valence-corrected chi connectivity index (χ0v) is 7.55. The second-order valence-corrected chi connectivity index (χ2v) is 4.04. The van der Waals surface area contributed by atoms with Crippen LogP contribution in [-0.2, 0) is 4.74 Å². The van der Waals surface area contributed by atoms with Gasteiger partial charge >= 0.3 is 0 Å². The van der Waals surface area contributed by atoms with Crippen LogP contribution in [0.4, 0.5) is 0 Å². The van der Waals surface area contributed by atoms with E-state index in [4.69, 9.17) is 11.2 Å². The van der Waals surface area contributed by atoms with Gasteiger partial charge in [-0.25, -0.2) is 0 Å². The summed E-state index contributed by atoms with van der Waals surface area (Å²) in [6, 6.07) is 0. The van der Waals surface area contributed by atoms with Crippen molar-refractivity contribution >= 4 is 0 Å². The maximum absolute atomic E-state index is 5.28. The van der Waals surface area contributed by atoms with E-state index in [1.165, 1.54) is 0 Å². The number of ether oxygens (including phenoxy) is 1. The molecule has 0 aromatic rings. The Kier molecular flexibility index (Phi) is 1.96. The molecule has 0 amide bonds. The van der Waals surface area contributed by atoms with Crippen molar-refractivity contribution in [2.45, 2.75) is 12.5 Å². The van der Waals surface area contributed by atoms with Gasteiger partial charge in [0.25, 0.3) is 0 Å². The summed E-state index contributed by atoms with van der Waals surface area (Å²) >= 11 is 0. The van der Waals surface area contributed by atoms with Gasteiger partial charge in [-0.15, -0.1) is 6.42 Å². The Morgan fingerprint density at radius 3 is 2.36 bits per heavy atom. The lowest BCUT2D eigenvalue weighted by atomic mass is 9.96. The lowest BCUT2D eigenvalue weighted by Gasteiger charge is -2.50. The molecular weight excluding hydrogens is 138 g/mol. The molecule has 2 heteroatoms. The normalized spacial score (nSPS) is 22.0. The predicted octanol–water partition coefficient (Wildman–Crippen LogP) is 0.485. The molecule has 0 aromatic carbocycles. The molecule has 1 rings (SSSR count). The summed E-state index contributed by atoms with van der Waals surface area (Å²) in [7, 11) is 4.31. The van der Waals surface area contributed by atoms with E-state index in [0.29, 0.717) is 0 Å². The minimum atomic E-state index is 0.242. The van der Waals surface area contributed by atoms with Crippen LogP contribution >= 0.6 is 0 Å². The van der Waals surface area contributed by atoms with Crippen molar-refractivity contribution in [1.29, 1.82) is 0 Å². The predicted molar refractivity (Wildman–Crippen MR) is 45.0 cm³/mol. The van der Waals surface area contributed by atoms with Gasteiger partial charge in [-0.05, 0) is 12.8 Å². The number of hydrogen-bond donors (Lipinski definition) is 0. The summed E-state index contributed by atoms with van der Waals surface area (Å²) in [4.78, 5) is 0. The lowest BCUT2D eigenvalue weighted by molar-refractivity contribution is -0.944. The van der Waals surface area contributed by atoms with Crippen molar-refractivity contribution in [1.82, 2.24) is 0 Å². The number of hydrogen-bond acceptors (Lipinski definition) is 1. The number of rotatable bonds is 2. The Hall–Kier alpha value is -0.520. The monoisotopic (exact) mass is 154 g/mol. The molecule has 1 fully saturated rings. The SMILES string of the molecule is C#CC[N+](C)(C)C1(C)COC1. The molecule has 0 atom stereocenters. The topological polar surface area (TPSA) is 9.23 Å². The summed E-state index contributed by atoms with van der Waals surface area (Å²) in [5.74, 6) is 2.70. The Balaban J connectivity index is 2.64. The van der Waals surface area contributed by atoms with Crippen molar-refractivity contribution in [2.24, 2.45) is 0 Å². The Bertz CT molecular complexity index is 186. The van der Waals surface area contributed by atoms with Crippen LogP contribution in [0.3, 0.4) is 0 Å². The van der Waals surface area contributed by atoms with Gasteiger partial charge in [0, 0.05) is 0 Å². The first-order chi connectivity index (χ1) is 5.02. The molecule has 0 unspecified atom stereocenters. The molecule has 0 aromatic heterocycles. The zero-order chi connectivity index (χ0) is 8.54. The van der Waals surface area contributed by atoms with Gasteiger partial charge in [-0.2, -0.15) is 0 Å². The highest BCUT2D eigenvalue weighted by molar-refractivity contribution is 4.89. The van der Waals surface area contributed by atoms with Crippen LogP contribution in [0.1, 0.15) is 6.92 Å². The fraction of sp³-hybridized carbons (Fsp3) is 0.778. The number of nitrogens with zero attached hydrogens (tertiary/aromatic N) is 1. The zero-order valence-electron chi connectivity index (χ0n) is 7.55. The van der Waals surface area contributed by atoms with E-state index in [0.717, 1.165) is 24.2 Å². The second-order valence-electron chi connectivity index (χ2n) is 4.04. The summed E-state index contributed by atoms with van der Waals surface area (Å²) in [5, 5.41) is 0. The molecule has 1 heterocycles. The minimum Gasteiger partial charge on any atom is -0.368 e. The quantitative estimate of drug-likeness (QED) is 0.415. The molecular formula is C9H16NO+. The van der Waals surface area contributed by atoms with E-state index in [2.05, 4.69) is 26.9 Å². The van der Waals surface area contributed by atoms with Crippen molar-refractivity contribution in [2.75, 3.05) is 33.9 Å². The van der Waals surface area contributed by atoms with Crippen LogP contribution in [0, 0.1) is 12.3 Å². The average molecular weight is 154 g/mol. The first-order valence-corrected chi connectivity index (χ1v) is 3.86. The van der Waals surface area contributed by atoms with Gasteiger partial charge < -0.3 is 9.22 Å². The van der Waals surface area contributed by atoms with E-state index in [9.17, 15) is 0 Å². The molecule has 1 aliphatic heterocycles. The van der Waals surface area contributed by atoms with E-state index in [1.54, 1.807) is 0 Å². The highest BCUT2D eigenvalue weighted by Crippen LogP contribution is 2.27. The van der Waals surface area contributed by atoms with Gasteiger partial charge in [0.2, 0.25) is 0 Å². The van der Waals surface area contributed by atoms with Gasteiger partial charge in [0.05, 0.1) is 14.1 Å². The fourth-order valence-electron chi connectivity index (χ4n) is 1.17. The van der Waals surface area contributed by atoms with E-state index in [1.807, 2.05) is 0 Å². The smallest absolute Gasteiger partial charge is 0.144 e. The summed E-state index contributed by atoms with van der Waals surface area (Å²) in [6.07, 6.45) is 5.28. The maximum atomic E-state index is 5.28. The van der Waals surface area contributed by atoms with E-state index >= 15 is 0 Å². The molecule has 0 aliphatic carbocycles. The highest BCUT2D eigenvalue weighted by Gasteiger charge is 2.47. The molecule has 0 spiro atoms. The standard InChI is InChI=1S/C9H16NO/c1-5-6-10(3,4)9(2)7-11-8-9/h1H,6-8H2,2-4H3/q+1. The van der Waals surface area contributed by atoms with Crippen LogP contribution in [0.25, 0.3) is 0 Å².